The standard InChI is InChI=1S/C29H40O3S.2C2H6.H2OS/c1-28-14-13-21(30)17-20(28)7-10-23-25-11-12-26(31)29(25,2)18-24(27(23)28)19-5-8-22(9-6-19)32-15-3-4-16-33;3*1-2/h5-6,8-9,17,23-27,31,33H,3-4,7,10-16,18H2,1-2H3;2*1-2H3;1-2H. The molecular formula is C33H54O4S2. The van der Waals surface area contributed by atoms with E-state index in [9.17, 15) is 9.90 Å². The fourth-order valence-electron chi connectivity index (χ4n) is 8.26. The number of hydrogen-bond acceptors (Lipinski definition) is 6. The quantitative estimate of drug-likeness (QED) is 0.155. The number of rotatable bonds is 6. The van der Waals surface area contributed by atoms with Crippen LogP contribution < -0.4 is 4.74 Å². The van der Waals surface area contributed by atoms with E-state index in [1.807, 2.05) is 33.8 Å². The van der Waals surface area contributed by atoms with Gasteiger partial charge in [0.2, 0.25) is 0 Å². The summed E-state index contributed by atoms with van der Waals surface area (Å²) < 4.78 is 12.7. The number of thiol groups is 2. The summed E-state index contributed by atoms with van der Waals surface area (Å²) in [7, 11) is 0. The summed E-state index contributed by atoms with van der Waals surface area (Å²) in [5.41, 5.74) is 2.87. The fourth-order valence-corrected chi connectivity index (χ4v) is 8.48. The molecule has 7 atom stereocenters. The maximum absolute atomic E-state index is 12.3. The molecule has 3 fully saturated rings. The lowest BCUT2D eigenvalue weighted by atomic mass is 9.44. The number of ketones is 1. The molecule has 0 heterocycles. The van der Waals surface area contributed by atoms with Gasteiger partial charge in [-0.25, -0.2) is 0 Å². The SMILES string of the molecule is CC.CC.CC12CCC(=O)C=C1CCC1C2C(c2ccc(OCCCCS)cc2)CC2(C)C(O)CCC12.OS. The summed E-state index contributed by atoms with van der Waals surface area (Å²) in [6, 6.07) is 8.82. The molecule has 0 aromatic heterocycles. The predicted molar refractivity (Wildman–Crippen MR) is 170 cm³/mol. The van der Waals surface area contributed by atoms with Crippen LogP contribution in [0.25, 0.3) is 0 Å². The molecule has 1 aromatic carbocycles. The molecule has 3 saturated carbocycles. The van der Waals surface area contributed by atoms with Crippen LogP contribution in [0.4, 0.5) is 0 Å². The van der Waals surface area contributed by atoms with Crippen LogP contribution in [0, 0.1) is 28.6 Å². The monoisotopic (exact) mass is 578 g/mol. The predicted octanol–water partition coefficient (Wildman–Crippen LogP) is 8.80. The van der Waals surface area contributed by atoms with Gasteiger partial charge in [-0.2, -0.15) is 12.6 Å². The Morgan fingerprint density at radius 2 is 1.64 bits per heavy atom. The van der Waals surface area contributed by atoms with Gasteiger partial charge in [0.1, 0.15) is 5.75 Å². The number of benzene rings is 1. The number of carbonyl (C=O) groups is 1. The second-order valence-corrected chi connectivity index (χ2v) is 12.1. The molecule has 5 rings (SSSR count). The van der Waals surface area contributed by atoms with Gasteiger partial charge in [-0.1, -0.05) is 59.2 Å². The van der Waals surface area contributed by atoms with E-state index in [-0.39, 0.29) is 16.9 Å². The average molecular weight is 579 g/mol. The molecule has 0 saturated heterocycles. The largest absolute Gasteiger partial charge is 0.494 e. The minimum absolute atomic E-state index is 0.00404. The Bertz CT molecular complexity index is 917. The van der Waals surface area contributed by atoms with Crippen LogP contribution in [0.2, 0.25) is 0 Å². The van der Waals surface area contributed by atoms with Crippen LogP contribution >= 0.6 is 25.5 Å². The molecule has 4 nitrogen and oxygen atoms in total. The van der Waals surface area contributed by atoms with E-state index >= 15 is 0 Å². The van der Waals surface area contributed by atoms with Crippen molar-refractivity contribution >= 4 is 31.3 Å². The molecular weight excluding hydrogens is 524 g/mol. The molecule has 0 spiro atoms. The van der Waals surface area contributed by atoms with E-state index in [0.29, 0.717) is 35.9 Å². The van der Waals surface area contributed by atoms with Gasteiger partial charge < -0.3 is 14.4 Å². The van der Waals surface area contributed by atoms with E-state index in [2.05, 4.69) is 63.7 Å². The second-order valence-electron chi connectivity index (χ2n) is 11.6. The third-order valence-electron chi connectivity index (χ3n) is 10.0. The summed E-state index contributed by atoms with van der Waals surface area (Å²) in [5, 5.41) is 11.1. The zero-order valence-electron chi connectivity index (χ0n) is 25.2. The first kappa shape index (κ1) is 34.3. The molecule has 222 valence electrons. The van der Waals surface area contributed by atoms with Crippen molar-refractivity contribution in [3.63, 3.8) is 0 Å². The van der Waals surface area contributed by atoms with Gasteiger partial charge in [0.15, 0.2) is 5.78 Å². The minimum Gasteiger partial charge on any atom is -0.494 e. The van der Waals surface area contributed by atoms with Crippen molar-refractivity contribution < 1.29 is 19.2 Å². The Morgan fingerprint density at radius 1 is 0.974 bits per heavy atom. The fraction of sp³-hybridized carbons (Fsp3) is 0.727. The highest BCUT2D eigenvalue weighted by Crippen LogP contribution is 2.68. The van der Waals surface area contributed by atoms with Crippen molar-refractivity contribution in [1.82, 2.24) is 0 Å². The normalized spacial score (nSPS) is 34.3. The van der Waals surface area contributed by atoms with E-state index in [1.54, 1.807) is 0 Å². The van der Waals surface area contributed by atoms with Crippen molar-refractivity contribution in [2.45, 2.75) is 111 Å². The topological polar surface area (TPSA) is 66.8 Å². The molecule has 0 amide bonds. The molecule has 4 aliphatic rings. The summed E-state index contributed by atoms with van der Waals surface area (Å²) in [5.74, 6) is 4.32. The van der Waals surface area contributed by atoms with Crippen LogP contribution in [-0.2, 0) is 4.79 Å². The Morgan fingerprint density at radius 3 is 2.28 bits per heavy atom. The number of carbonyl (C=O) groups excluding carboxylic acids is 1. The summed E-state index contributed by atoms with van der Waals surface area (Å²) in [6.07, 6.45) is 10.9. The van der Waals surface area contributed by atoms with Crippen molar-refractivity contribution in [3.8, 4) is 5.75 Å². The highest BCUT2D eigenvalue weighted by molar-refractivity contribution is 7.80. The summed E-state index contributed by atoms with van der Waals surface area (Å²) >= 11 is 6.81. The second kappa shape index (κ2) is 15.9. The van der Waals surface area contributed by atoms with Gasteiger partial charge in [0, 0.05) is 6.42 Å². The molecule has 1 aromatic rings. The highest BCUT2D eigenvalue weighted by Gasteiger charge is 2.62. The lowest BCUT2D eigenvalue weighted by molar-refractivity contribution is -0.118. The highest BCUT2D eigenvalue weighted by atomic mass is 32.1. The molecule has 4 aliphatic carbocycles. The number of hydrogen-bond donors (Lipinski definition) is 4. The number of unbranched alkanes of at least 4 members (excludes halogenated alkanes) is 1. The summed E-state index contributed by atoms with van der Waals surface area (Å²) in [6.45, 7) is 13.5. The number of aliphatic hydroxyl groups excluding tert-OH is 1. The van der Waals surface area contributed by atoms with Crippen LogP contribution in [0.3, 0.4) is 0 Å². The number of fused-ring (bicyclic) bond motifs is 5. The van der Waals surface area contributed by atoms with E-state index in [0.717, 1.165) is 69.5 Å². The average Bonchev–Trinajstić information content (AvgIpc) is 3.28. The van der Waals surface area contributed by atoms with Crippen LogP contribution in [0.15, 0.2) is 35.9 Å². The molecule has 39 heavy (non-hydrogen) atoms. The Hall–Kier alpha value is -0.950. The molecule has 2 N–H and O–H groups in total. The maximum Gasteiger partial charge on any atom is 0.155 e. The number of allylic oxidation sites excluding steroid dienone is 1. The summed E-state index contributed by atoms with van der Waals surface area (Å²) in [4.78, 5) is 12.3. The first-order valence-electron chi connectivity index (χ1n) is 15.3. The van der Waals surface area contributed by atoms with E-state index in [1.165, 1.54) is 11.1 Å². The zero-order valence-corrected chi connectivity index (χ0v) is 26.9. The van der Waals surface area contributed by atoms with Gasteiger partial charge >= 0.3 is 0 Å². The van der Waals surface area contributed by atoms with Crippen molar-refractivity contribution in [1.29, 1.82) is 0 Å². The molecule has 0 aliphatic heterocycles. The van der Waals surface area contributed by atoms with Crippen molar-refractivity contribution in [2.24, 2.45) is 28.6 Å². The van der Waals surface area contributed by atoms with Gasteiger partial charge in [-0.05, 0) is 128 Å². The first-order valence-corrected chi connectivity index (χ1v) is 16.4. The molecule has 6 heteroatoms. The smallest absolute Gasteiger partial charge is 0.155 e. The van der Waals surface area contributed by atoms with E-state index in [4.69, 9.17) is 9.29 Å². The third-order valence-corrected chi connectivity index (χ3v) is 10.3. The van der Waals surface area contributed by atoms with Gasteiger partial charge in [-0.15, -0.1) is 0 Å². The molecule has 7 unspecified atom stereocenters. The van der Waals surface area contributed by atoms with Crippen LogP contribution in [0.1, 0.15) is 111 Å². The lowest BCUT2D eigenvalue weighted by Gasteiger charge is -2.61. The Labute approximate surface area is 249 Å². The van der Waals surface area contributed by atoms with Crippen molar-refractivity contribution in [3.05, 3.63) is 41.5 Å². The third kappa shape index (κ3) is 7.10. The van der Waals surface area contributed by atoms with E-state index < -0.39 is 0 Å². The van der Waals surface area contributed by atoms with Gasteiger partial charge in [-0.3, -0.25) is 4.79 Å². The number of aliphatic hydroxyl groups is 1. The lowest BCUT2D eigenvalue weighted by Crippen LogP contribution is -2.54. The zero-order chi connectivity index (χ0) is 29.2. The van der Waals surface area contributed by atoms with Gasteiger partial charge in [0.05, 0.1) is 12.7 Å². The van der Waals surface area contributed by atoms with Gasteiger partial charge in [0.25, 0.3) is 0 Å². The number of ether oxygens (including phenoxy) is 1. The van der Waals surface area contributed by atoms with Crippen molar-refractivity contribution in [2.75, 3.05) is 12.4 Å². The first-order chi connectivity index (χ1) is 18.9. The maximum atomic E-state index is 12.3. The van der Waals surface area contributed by atoms with Crippen LogP contribution in [0.5, 0.6) is 5.75 Å². The molecule has 0 radical (unpaired) electrons. The molecule has 0 bridgehead atoms. The Kier molecular flexibility index (Phi) is 14.0. The Balaban J connectivity index is 0.000000833. The minimum atomic E-state index is -0.196. The van der Waals surface area contributed by atoms with Crippen LogP contribution in [-0.4, -0.2) is 33.9 Å².